The SMILES string of the molecule is O=P(c1ccccc1)(c1ccccc1)[C@H]1CCCC=C1I. The van der Waals surface area contributed by atoms with Gasteiger partial charge in [-0.25, -0.2) is 0 Å². The van der Waals surface area contributed by atoms with Gasteiger partial charge in [-0.3, -0.25) is 0 Å². The van der Waals surface area contributed by atoms with Crippen molar-refractivity contribution in [1.82, 2.24) is 0 Å². The zero-order chi connectivity index (χ0) is 14.7. The van der Waals surface area contributed by atoms with Gasteiger partial charge in [0.25, 0.3) is 0 Å². The van der Waals surface area contributed by atoms with Gasteiger partial charge in [-0.2, -0.15) is 0 Å². The molecule has 0 saturated carbocycles. The molecule has 1 atom stereocenters. The first-order valence-electron chi connectivity index (χ1n) is 7.29. The topological polar surface area (TPSA) is 17.1 Å². The Labute approximate surface area is 140 Å². The van der Waals surface area contributed by atoms with Crippen LogP contribution in [0.15, 0.2) is 70.3 Å². The van der Waals surface area contributed by atoms with Crippen LogP contribution < -0.4 is 10.6 Å². The van der Waals surface area contributed by atoms with E-state index in [9.17, 15) is 4.57 Å². The number of allylic oxidation sites excluding steroid dienone is 2. The summed E-state index contributed by atoms with van der Waals surface area (Å²) in [5.41, 5.74) is 0.136. The van der Waals surface area contributed by atoms with Gasteiger partial charge in [0.1, 0.15) is 0 Å². The van der Waals surface area contributed by atoms with E-state index in [1.54, 1.807) is 0 Å². The first-order valence-corrected chi connectivity index (χ1v) is 10.1. The average Bonchev–Trinajstić information content (AvgIpc) is 2.56. The van der Waals surface area contributed by atoms with E-state index < -0.39 is 7.14 Å². The molecule has 1 aliphatic rings. The van der Waals surface area contributed by atoms with E-state index in [0.29, 0.717) is 0 Å². The molecule has 0 saturated heterocycles. The molecule has 21 heavy (non-hydrogen) atoms. The van der Waals surface area contributed by atoms with Crippen molar-refractivity contribution in [3.8, 4) is 0 Å². The number of rotatable bonds is 3. The van der Waals surface area contributed by atoms with E-state index in [2.05, 4.69) is 28.7 Å². The molecule has 108 valence electrons. The van der Waals surface area contributed by atoms with E-state index in [1.165, 1.54) is 3.58 Å². The Balaban J connectivity index is 2.19. The Kier molecular flexibility index (Phi) is 4.66. The molecule has 3 heteroatoms. The zero-order valence-electron chi connectivity index (χ0n) is 11.8. The molecule has 0 heterocycles. The third-order valence-corrected chi connectivity index (χ3v) is 9.29. The van der Waals surface area contributed by atoms with Crippen LogP contribution in [0.5, 0.6) is 0 Å². The molecular formula is C18H18IOP. The van der Waals surface area contributed by atoms with Crippen LogP contribution in [0.3, 0.4) is 0 Å². The van der Waals surface area contributed by atoms with Crippen LogP contribution in [0.1, 0.15) is 19.3 Å². The molecule has 0 aromatic heterocycles. The van der Waals surface area contributed by atoms with Crippen molar-refractivity contribution in [2.45, 2.75) is 24.9 Å². The van der Waals surface area contributed by atoms with Crippen molar-refractivity contribution in [1.29, 1.82) is 0 Å². The van der Waals surface area contributed by atoms with Crippen molar-refractivity contribution in [3.63, 3.8) is 0 Å². The third kappa shape index (κ3) is 2.89. The Hall–Kier alpha value is -0.860. The molecule has 0 N–H and O–H groups in total. The van der Waals surface area contributed by atoms with E-state index in [4.69, 9.17) is 0 Å². The molecule has 3 rings (SSSR count). The van der Waals surface area contributed by atoms with E-state index in [0.717, 1.165) is 29.9 Å². The maximum Gasteiger partial charge on any atom is 0.150 e. The van der Waals surface area contributed by atoms with Gasteiger partial charge in [0.05, 0.1) is 5.66 Å². The summed E-state index contributed by atoms with van der Waals surface area (Å²) in [5.74, 6) is 0. The third-order valence-electron chi connectivity index (χ3n) is 4.06. The zero-order valence-corrected chi connectivity index (χ0v) is 14.8. The summed E-state index contributed by atoms with van der Waals surface area (Å²) >= 11 is 2.39. The highest BCUT2D eigenvalue weighted by Gasteiger charge is 2.38. The molecule has 1 aliphatic carbocycles. The minimum absolute atomic E-state index is 0.136. The number of hydrogen-bond acceptors (Lipinski definition) is 1. The smallest absolute Gasteiger partial charge is 0.150 e. The average molecular weight is 408 g/mol. The highest BCUT2D eigenvalue weighted by atomic mass is 127. The molecule has 0 radical (unpaired) electrons. The second-order valence-corrected chi connectivity index (χ2v) is 9.58. The van der Waals surface area contributed by atoms with E-state index in [-0.39, 0.29) is 5.66 Å². The van der Waals surface area contributed by atoms with Gasteiger partial charge in [0.15, 0.2) is 7.14 Å². The first kappa shape index (κ1) is 15.1. The largest absolute Gasteiger partial charge is 0.313 e. The van der Waals surface area contributed by atoms with Gasteiger partial charge >= 0.3 is 0 Å². The lowest BCUT2D eigenvalue weighted by Gasteiger charge is -2.31. The summed E-state index contributed by atoms with van der Waals surface area (Å²) < 4.78 is 15.4. The van der Waals surface area contributed by atoms with Gasteiger partial charge in [-0.05, 0) is 45.4 Å². The normalized spacial score (nSPS) is 19.1. The number of hydrogen-bond donors (Lipinski definition) is 0. The van der Waals surface area contributed by atoms with Crippen molar-refractivity contribution in [3.05, 3.63) is 70.3 Å². The van der Waals surface area contributed by atoms with E-state index in [1.807, 2.05) is 60.7 Å². The lowest BCUT2D eigenvalue weighted by molar-refractivity contribution is 0.575. The van der Waals surface area contributed by atoms with Crippen LogP contribution in [0.25, 0.3) is 0 Å². The van der Waals surface area contributed by atoms with Crippen LogP contribution in [0.4, 0.5) is 0 Å². The first-order chi connectivity index (χ1) is 10.2. The van der Waals surface area contributed by atoms with Crippen LogP contribution in [0, 0.1) is 0 Å². The highest BCUT2D eigenvalue weighted by molar-refractivity contribution is 14.1. The molecule has 1 nitrogen and oxygen atoms in total. The molecular weight excluding hydrogens is 390 g/mol. The quantitative estimate of drug-likeness (QED) is 0.523. The second-order valence-electron chi connectivity index (χ2n) is 5.36. The molecule has 0 amide bonds. The van der Waals surface area contributed by atoms with Crippen molar-refractivity contribution in [2.75, 3.05) is 0 Å². The Morgan fingerprint density at radius 2 is 1.43 bits per heavy atom. The second kappa shape index (κ2) is 6.50. The van der Waals surface area contributed by atoms with Gasteiger partial charge < -0.3 is 4.57 Å². The van der Waals surface area contributed by atoms with Crippen LogP contribution >= 0.6 is 29.7 Å². The lowest BCUT2D eigenvalue weighted by Crippen LogP contribution is -2.27. The van der Waals surface area contributed by atoms with Crippen molar-refractivity contribution in [2.24, 2.45) is 0 Å². The van der Waals surface area contributed by atoms with Crippen LogP contribution in [0.2, 0.25) is 0 Å². The van der Waals surface area contributed by atoms with Gasteiger partial charge in [-0.15, -0.1) is 0 Å². The molecule has 0 fully saturated rings. The Morgan fingerprint density at radius 3 is 1.90 bits per heavy atom. The molecule has 0 unspecified atom stereocenters. The summed E-state index contributed by atoms with van der Waals surface area (Å²) in [4.78, 5) is 0. The number of halogens is 1. The minimum atomic E-state index is -2.63. The van der Waals surface area contributed by atoms with Crippen molar-refractivity contribution >= 4 is 40.3 Å². The highest BCUT2D eigenvalue weighted by Crippen LogP contribution is 2.55. The number of benzene rings is 2. The summed E-state index contributed by atoms with van der Waals surface area (Å²) in [6, 6.07) is 20.0. The molecule has 2 aromatic rings. The monoisotopic (exact) mass is 408 g/mol. The van der Waals surface area contributed by atoms with Crippen LogP contribution in [-0.2, 0) is 4.57 Å². The standard InChI is InChI=1S/C18H18IOP/c19-17-13-7-8-14-18(17)21(20,15-9-3-1-4-10-15)16-11-5-2-6-12-16/h1-6,9-13,18H,7-8,14H2/t18-/m0/s1. The van der Waals surface area contributed by atoms with Gasteiger partial charge in [0.2, 0.25) is 0 Å². The fourth-order valence-corrected chi connectivity index (χ4v) is 8.03. The Morgan fingerprint density at radius 1 is 0.905 bits per heavy atom. The maximum atomic E-state index is 14.1. The van der Waals surface area contributed by atoms with Crippen molar-refractivity contribution < 1.29 is 4.57 Å². The fraction of sp³-hybridized carbons (Fsp3) is 0.222. The lowest BCUT2D eigenvalue weighted by atomic mass is 10.1. The molecule has 0 spiro atoms. The summed E-state index contributed by atoms with van der Waals surface area (Å²) in [6.07, 6.45) is 5.50. The fourth-order valence-electron chi connectivity index (χ4n) is 2.99. The summed E-state index contributed by atoms with van der Waals surface area (Å²) in [5, 5.41) is 1.95. The molecule has 0 aliphatic heterocycles. The summed E-state index contributed by atoms with van der Waals surface area (Å²) in [6.45, 7) is 0. The van der Waals surface area contributed by atoms with Crippen LogP contribution in [-0.4, -0.2) is 5.66 Å². The predicted octanol–water partition coefficient (Wildman–Crippen LogP) is 4.87. The van der Waals surface area contributed by atoms with E-state index >= 15 is 0 Å². The van der Waals surface area contributed by atoms with Gasteiger partial charge in [0, 0.05) is 10.6 Å². The Bertz CT molecular complexity index is 635. The molecule has 2 aromatic carbocycles. The summed E-state index contributed by atoms with van der Waals surface area (Å²) in [7, 11) is -2.63. The predicted molar refractivity (Wildman–Crippen MR) is 99.5 cm³/mol. The maximum absolute atomic E-state index is 14.1. The molecule has 0 bridgehead atoms. The van der Waals surface area contributed by atoms with Gasteiger partial charge in [-0.1, -0.05) is 66.7 Å². The minimum Gasteiger partial charge on any atom is -0.313 e.